The fraction of sp³-hybridized carbons (Fsp3) is 0.909. The Morgan fingerprint density at radius 2 is 2.08 bits per heavy atom. The third kappa shape index (κ3) is 4.28. The molecule has 0 amide bonds. The van der Waals surface area contributed by atoms with Crippen molar-refractivity contribution >= 4 is 0 Å². The molecular weight excluding hydrogens is 160 g/mol. The van der Waals surface area contributed by atoms with Crippen molar-refractivity contribution < 1.29 is 4.90 Å². The number of likely N-dealkylation sites (tertiary alicyclic amines) is 1. The number of hydrogen-bond donors (Lipinski definition) is 1. The molecule has 76 valence electrons. The van der Waals surface area contributed by atoms with Crippen LogP contribution in [0.4, 0.5) is 0 Å². The van der Waals surface area contributed by atoms with Gasteiger partial charge in [-0.25, -0.2) is 0 Å². The van der Waals surface area contributed by atoms with Crippen molar-refractivity contribution in [1.82, 2.24) is 0 Å². The standard InChI is InChI=1S/C10H21N.CN/c1-3-5-8-11-9-6-7-10(11)4-2;1-2/h10H,3-9H2,1-2H3;/q;-1/p+1. The first kappa shape index (κ1) is 12.4. The molecule has 13 heavy (non-hydrogen) atoms. The maximum atomic E-state index is 6.25. The predicted octanol–water partition coefficient (Wildman–Crippen LogP) is 1.34. The van der Waals surface area contributed by atoms with Gasteiger partial charge in [0.25, 0.3) is 0 Å². The number of nitrogens with zero attached hydrogens (tertiary/aromatic N) is 1. The number of rotatable bonds is 4. The molecule has 0 aromatic carbocycles. The molecular formula is C11H22N2. The van der Waals surface area contributed by atoms with E-state index < -0.39 is 0 Å². The van der Waals surface area contributed by atoms with Crippen LogP contribution >= 0.6 is 0 Å². The monoisotopic (exact) mass is 182 g/mol. The summed E-state index contributed by atoms with van der Waals surface area (Å²) in [7, 11) is 0. The van der Waals surface area contributed by atoms with Gasteiger partial charge in [-0.3, -0.25) is 0 Å². The third-order valence-corrected chi connectivity index (χ3v) is 2.97. The Morgan fingerprint density at radius 1 is 1.38 bits per heavy atom. The topological polar surface area (TPSA) is 28.2 Å². The van der Waals surface area contributed by atoms with Gasteiger partial charge in [0.05, 0.1) is 19.1 Å². The Morgan fingerprint density at radius 3 is 2.62 bits per heavy atom. The van der Waals surface area contributed by atoms with E-state index in [-0.39, 0.29) is 0 Å². The Kier molecular flexibility index (Phi) is 7.73. The molecule has 0 saturated carbocycles. The van der Waals surface area contributed by atoms with E-state index >= 15 is 0 Å². The molecule has 1 N–H and O–H groups in total. The van der Waals surface area contributed by atoms with E-state index in [2.05, 4.69) is 13.8 Å². The van der Waals surface area contributed by atoms with Crippen molar-refractivity contribution in [2.75, 3.05) is 13.1 Å². The molecule has 2 heteroatoms. The molecule has 0 bridgehead atoms. The highest BCUT2D eigenvalue weighted by atomic mass is 15.2. The van der Waals surface area contributed by atoms with Crippen molar-refractivity contribution in [3.63, 3.8) is 0 Å². The molecule has 0 spiro atoms. The van der Waals surface area contributed by atoms with E-state index in [1.54, 1.807) is 0 Å². The largest absolute Gasteiger partial charge is 0.512 e. The van der Waals surface area contributed by atoms with Gasteiger partial charge in [-0.2, -0.15) is 0 Å². The molecule has 0 aliphatic carbocycles. The lowest BCUT2D eigenvalue weighted by molar-refractivity contribution is -0.912. The Hall–Kier alpha value is -0.550. The van der Waals surface area contributed by atoms with Crippen LogP contribution in [0.25, 0.3) is 0 Å². The summed E-state index contributed by atoms with van der Waals surface area (Å²) in [5, 5.41) is 6.25. The van der Waals surface area contributed by atoms with Crippen LogP contribution in [-0.4, -0.2) is 19.1 Å². The second kappa shape index (κ2) is 8.07. The van der Waals surface area contributed by atoms with Crippen LogP contribution in [0.1, 0.15) is 46.0 Å². The quantitative estimate of drug-likeness (QED) is 0.653. The summed E-state index contributed by atoms with van der Waals surface area (Å²) in [6, 6.07) is 1.00. The van der Waals surface area contributed by atoms with Crippen molar-refractivity contribution in [1.29, 1.82) is 5.26 Å². The normalized spacial score (nSPS) is 26.5. The van der Waals surface area contributed by atoms with Crippen LogP contribution in [0, 0.1) is 11.8 Å². The highest BCUT2D eigenvalue weighted by molar-refractivity contribution is 4.59. The maximum Gasteiger partial charge on any atom is 0.0874 e. The maximum absolute atomic E-state index is 6.25. The molecule has 1 fully saturated rings. The highest BCUT2D eigenvalue weighted by Gasteiger charge is 2.25. The molecule has 0 aromatic rings. The molecule has 2 atom stereocenters. The summed E-state index contributed by atoms with van der Waals surface area (Å²) in [6.45, 7) is 12.2. The molecule has 0 radical (unpaired) electrons. The van der Waals surface area contributed by atoms with Crippen LogP contribution in [0.5, 0.6) is 0 Å². The average Bonchev–Trinajstić information content (AvgIpc) is 2.65. The fourth-order valence-corrected chi connectivity index (χ4v) is 2.21. The molecule has 2 nitrogen and oxygen atoms in total. The van der Waals surface area contributed by atoms with Crippen molar-refractivity contribution in [2.24, 2.45) is 0 Å². The van der Waals surface area contributed by atoms with E-state index in [1.165, 1.54) is 45.2 Å². The summed E-state index contributed by atoms with van der Waals surface area (Å²) in [5.74, 6) is 0. The molecule has 1 aliphatic rings. The van der Waals surface area contributed by atoms with Gasteiger partial charge in [-0.05, 0) is 12.8 Å². The predicted molar refractivity (Wildman–Crippen MR) is 53.9 cm³/mol. The molecule has 1 rings (SSSR count). The van der Waals surface area contributed by atoms with Gasteiger partial charge in [0.15, 0.2) is 0 Å². The minimum atomic E-state index is 1.00. The third-order valence-electron chi connectivity index (χ3n) is 2.97. The lowest BCUT2D eigenvalue weighted by Crippen LogP contribution is -3.13. The minimum absolute atomic E-state index is 1.00. The second-order valence-corrected chi connectivity index (χ2v) is 3.76. The first-order valence-electron chi connectivity index (χ1n) is 5.45. The molecule has 1 saturated heterocycles. The zero-order valence-electron chi connectivity index (χ0n) is 8.97. The zero-order valence-corrected chi connectivity index (χ0v) is 8.97. The van der Waals surface area contributed by atoms with Crippen LogP contribution in [0.15, 0.2) is 0 Å². The van der Waals surface area contributed by atoms with Gasteiger partial charge in [-0.15, -0.1) is 0 Å². The van der Waals surface area contributed by atoms with Gasteiger partial charge in [0, 0.05) is 12.8 Å². The smallest absolute Gasteiger partial charge is 0.0874 e. The van der Waals surface area contributed by atoms with Crippen LogP contribution in [0.3, 0.4) is 0 Å². The average molecular weight is 182 g/mol. The zero-order chi connectivity index (χ0) is 10.1. The summed E-state index contributed by atoms with van der Waals surface area (Å²) in [4.78, 5) is 1.88. The first-order chi connectivity index (χ1) is 6.38. The SMILES string of the molecule is CCCC[NH+]1CCCC1CC.[C-]#N. The molecule has 2 unspecified atom stereocenters. The summed E-state index contributed by atoms with van der Waals surface area (Å²) in [6.07, 6.45) is 7.12. The minimum Gasteiger partial charge on any atom is -0.512 e. The summed E-state index contributed by atoms with van der Waals surface area (Å²) < 4.78 is 0. The van der Waals surface area contributed by atoms with Crippen molar-refractivity contribution in [3.05, 3.63) is 6.57 Å². The van der Waals surface area contributed by atoms with Crippen molar-refractivity contribution in [2.45, 2.75) is 52.0 Å². The second-order valence-electron chi connectivity index (χ2n) is 3.76. The summed E-state index contributed by atoms with van der Waals surface area (Å²) in [5.41, 5.74) is 0. The van der Waals surface area contributed by atoms with E-state index in [0.29, 0.717) is 0 Å². The van der Waals surface area contributed by atoms with Crippen LogP contribution in [-0.2, 0) is 0 Å². The first-order valence-corrected chi connectivity index (χ1v) is 5.45. The Balaban J connectivity index is 0.000000671. The van der Waals surface area contributed by atoms with Crippen molar-refractivity contribution in [3.8, 4) is 0 Å². The van der Waals surface area contributed by atoms with Gasteiger partial charge >= 0.3 is 0 Å². The lowest BCUT2D eigenvalue weighted by Gasteiger charge is -2.19. The van der Waals surface area contributed by atoms with Gasteiger partial charge in [-0.1, -0.05) is 20.3 Å². The van der Waals surface area contributed by atoms with E-state index in [4.69, 9.17) is 11.8 Å². The fourth-order valence-electron chi connectivity index (χ4n) is 2.21. The number of quaternary nitrogens is 1. The Labute approximate surface area is 82.5 Å². The number of nitrogens with one attached hydrogen (secondary N) is 1. The highest BCUT2D eigenvalue weighted by Crippen LogP contribution is 2.03. The number of unbranched alkanes of at least 4 members (excludes halogenated alkanes) is 1. The van der Waals surface area contributed by atoms with Crippen LogP contribution < -0.4 is 4.90 Å². The molecule has 1 heterocycles. The van der Waals surface area contributed by atoms with Crippen LogP contribution in [0.2, 0.25) is 0 Å². The Bertz CT molecular complexity index is 131. The lowest BCUT2D eigenvalue weighted by atomic mass is 10.1. The van der Waals surface area contributed by atoms with Gasteiger partial charge < -0.3 is 16.7 Å². The van der Waals surface area contributed by atoms with E-state index in [9.17, 15) is 0 Å². The molecule has 0 aromatic heterocycles. The van der Waals surface area contributed by atoms with E-state index in [1.807, 2.05) is 4.90 Å². The van der Waals surface area contributed by atoms with Gasteiger partial charge in [0.1, 0.15) is 0 Å². The van der Waals surface area contributed by atoms with Gasteiger partial charge in [0.2, 0.25) is 0 Å². The number of hydrogen-bond acceptors (Lipinski definition) is 1. The van der Waals surface area contributed by atoms with E-state index in [0.717, 1.165) is 6.04 Å². The summed E-state index contributed by atoms with van der Waals surface area (Å²) >= 11 is 0. The molecule has 1 aliphatic heterocycles.